The molecule has 12 heavy (non-hydrogen) atoms. The number of aliphatic hydroxyl groups excluding tert-OH is 1. The van der Waals surface area contributed by atoms with Crippen molar-refractivity contribution in [2.45, 2.75) is 31.6 Å². The second-order valence-corrected chi connectivity index (χ2v) is 3.51. The summed E-state index contributed by atoms with van der Waals surface area (Å²) < 4.78 is 5.34. The van der Waals surface area contributed by atoms with Gasteiger partial charge in [0.15, 0.2) is 0 Å². The van der Waals surface area contributed by atoms with Crippen molar-refractivity contribution in [2.75, 3.05) is 13.2 Å². The molecule has 1 N–H and O–H groups in total. The lowest BCUT2D eigenvalue weighted by molar-refractivity contribution is -0.143. The lowest BCUT2D eigenvalue weighted by atomic mass is 10.2. The number of rotatable bonds is 1. The van der Waals surface area contributed by atoms with E-state index in [0.29, 0.717) is 13.2 Å². The Kier molecular flexibility index (Phi) is 1.81. The van der Waals surface area contributed by atoms with Crippen LogP contribution in [-0.2, 0) is 9.53 Å². The number of nitrogens with zero attached hydrogens (tertiary/aromatic N) is 1. The average Bonchev–Trinajstić information content (AvgIpc) is 2.62. The molecule has 2 saturated heterocycles. The second-order valence-electron chi connectivity index (χ2n) is 3.51. The van der Waals surface area contributed by atoms with Gasteiger partial charge in [0.2, 0.25) is 0 Å². The Morgan fingerprint density at radius 3 is 2.92 bits per heavy atom. The zero-order chi connectivity index (χ0) is 8.72. The van der Waals surface area contributed by atoms with Crippen molar-refractivity contribution in [2.24, 2.45) is 0 Å². The minimum Gasteiger partial charge on any atom is -0.384 e. The molecule has 0 saturated carbocycles. The highest BCUT2D eigenvalue weighted by Gasteiger charge is 2.42. The first-order chi connectivity index (χ1) is 5.68. The van der Waals surface area contributed by atoms with Crippen LogP contribution in [0.15, 0.2) is 0 Å². The maximum Gasteiger partial charge on any atom is 0.251 e. The minimum absolute atomic E-state index is 0.161. The number of morpholine rings is 1. The van der Waals surface area contributed by atoms with Crippen molar-refractivity contribution in [3.8, 4) is 0 Å². The predicted octanol–water partition coefficient (Wildman–Crippen LogP) is -0.633. The third-order valence-electron chi connectivity index (χ3n) is 2.54. The Morgan fingerprint density at radius 2 is 2.50 bits per heavy atom. The number of carbonyl (C=O) groups excluding carboxylic acids is 1. The zero-order valence-electron chi connectivity index (χ0n) is 7.06. The van der Waals surface area contributed by atoms with Crippen LogP contribution in [-0.4, -0.2) is 47.3 Å². The van der Waals surface area contributed by atoms with E-state index in [1.54, 1.807) is 4.90 Å². The standard InChI is InChI=1S/C8H13NO3/c1-5(10)8(11)9-3-7-2-6(9)4-12-7/h5-7,10H,2-4H2,1H3/t5-,6?,7?/m0/s1. The summed E-state index contributed by atoms with van der Waals surface area (Å²) in [6.07, 6.45) is 0.292. The van der Waals surface area contributed by atoms with Gasteiger partial charge in [-0.3, -0.25) is 4.79 Å². The largest absolute Gasteiger partial charge is 0.384 e. The molecule has 0 aromatic rings. The van der Waals surface area contributed by atoms with Crippen LogP contribution in [0.3, 0.4) is 0 Å². The summed E-state index contributed by atoms with van der Waals surface area (Å²) in [6, 6.07) is 0.220. The summed E-state index contributed by atoms with van der Waals surface area (Å²) >= 11 is 0. The lowest BCUT2D eigenvalue weighted by Gasteiger charge is -2.27. The maximum absolute atomic E-state index is 11.4. The summed E-state index contributed by atoms with van der Waals surface area (Å²) in [5, 5.41) is 9.08. The van der Waals surface area contributed by atoms with Gasteiger partial charge in [-0.05, 0) is 13.3 Å². The summed E-state index contributed by atoms with van der Waals surface area (Å²) in [4.78, 5) is 13.1. The normalized spacial score (nSPS) is 35.7. The van der Waals surface area contributed by atoms with E-state index in [-0.39, 0.29) is 18.1 Å². The van der Waals surface area contributed by atoms with Gasteiger partial charge < -0.3 is 14.7 Å². The molecule has 2 bridgehead atoms. The Hall–Kier alpha value is -0.610. The second kappa shape index (κ2) is 2.71. The molecule has 0 radical (unpaired) electrons. The van der Waals surface area contributed by atoms with Crippen molar-refractivity contribution in [3.05, 3.63) is 0 Å². The van der Waals surface area contributed by atoms with E-state index in [1.807, 2.05) is 0 Å². The first-order valence-corrected chi connectivity index (χ1v) is 4.28. The quantitative estimate of drug-likeness (QED) is 0.571. The van der Waals surface area contributed by atoms with Gasteiger partial charge in [-0.25, -0.2) is 0 Å². The first-order valence-electron chi connectivity index (χ1n) is 4.28. The molecule has 2 unspecified atom stereocenters. The van der Waals surface area contributed by atoms with Crippen molar-refractivity contribution in [1.29, 1.82) is 0 Å². The molecule has 0 aliphatic carbocycles. The topological polar surface area (TPSA) is 49.8 Å². The number of hydrogen-bond acceptors (Lipinski definition) is 3. The van der Waals surface area contributed by atoms with Gasteiger partial charge >= 0.3 is 0 Å². The predicted molar refractivity (Wildman–Crippen MR) is 41.5 cm³/mol. The molecule has 4 nitrogen and oxygen atoms in total. The number of hydrogen-bond donors (Lipinski definition) is 1. The van der Waals surface area contributed by atoms with Crippen LogP contribution >= 0.6 is 0 Å². The molecule has 3 atom stereocenters. The van der Waals surface area contributed by atoms with E-state index in [1.165, 1.54) is 6.92 Å². The Morgan fingerprint density at radius 1 is 1.75 bits per heavy atom. The van der Waals surface area contributed by atoms with Crippen molar-refractivity contribution in [1.82, 2.24) is 4.90 Å². The van der Waals surface area contributed by atoms with Gasteiger partial charge in [0.25, 0.3) is 5.91 Å². The fraction of sp³-hybridized carbons (Fsp3) is 0.875. The van der Waals surface area contributed by atoms with Crippen LogP contribution < -0.4 is 0 Å². The van der Waals surface area contributed by atoms with Crippen LogP contribution in [0.2, 0.25) is 0 Å². The molecule has 2 heterocycles. The van der Waals surface area contributed by atoms with Crippen LogP contribution in [0.5, 0.6) is 0 Å². The van der Waals surface area contributed by atoms with Gasteiger partial charge in [-0.1, -0.05) is 0 Å². The van der Waals surface area contributed by atoms with E-state index in [0.717, 1.165) is 6.42 Å². The molecular weight excluding hydrogens is 158 g/mol. The number of ether oxygens (including phenoxy) is 1. The summed E-state index contributed by atoms with van der Waals surface area (Å²) in [6.45, 7) is 2.81. The molecule has 0 aromatic carbocycles. The number of likely N-dealkylation sites (tertiary alicyclic amines) is 1. The molecule has 68 valence electrons. The highest BCUT2D eigenvalue weighted by molar-refractivity contribution is 5.81. The van der Waals surface area contributed by atoms with E-state index in [9.17, 15) is 4.79 Å². The highest BCUT2D eigenvalue weighted by atomic mass is 16.5. The third-order valence-corrected chi connectivity index (χ3v) is 2.54. The minimum atomic E-state index is -0.871. The van der Waals surface area contributed by atoms with Crippen LogP contribution in [0, 0.1) is 0 Å². The zero-order valence-corrected chi connectivity index (χ0v) is 7.06. The molecule has 2 aliphatic heterocycles. The van der Waals surface area contributed by atoms with E-state index < -0.39 is 6.10 Å². The van der Waals surface area contributed by atoms with Crippen molar-refractivity contribution >= 4 is 5.91 Å². The molecular formula is C8H13NO3. The van der Waals surface area contributed by atoms with Gasteiger partial charge in [0.1, 0.15) is 6.10 Å². The number of fused-ring (bicyclic) bond motifs is 2. The van der Waals surface area contributed by atoms with Gasteiger partial charge in [-0.2, -0.15) is 0 Å². The lowest BCUT2D eigenvalue weighted by Crippen LogP contribution is -2.45. The van der Waals surface area contributed by atoms with E-state index in [4.69, 9.17) is 9.84 Å². The first kappa shape index (κ1) is 8.01. The highest BCUT2D eigenvalue weighted by Crippen LogP contribution is 2.27. The Balaban J connectivity index is 2.02. The molecule has 2 rings (SSSR count). The van der Waals surface area contributed by atoms with Crippen molar-refractivity contribution in [3.63, 3.8) is 0 Å². The average molecular weight is 171 g/mol. The molecule has 0 spiro atoms. The van der Waals surface area contributed by atoms with Gasteiger partial charge in [0.05, 0.1) is 18.8 Å². The molecule has 0 aromatic heterocycles. The van der Waals surface area contributed by atoms with E-state index in [2.05, 4.69) is 0 Å². The summed E-state index contributed by atoms with van der Waals surface area (Å²) in [5.74, 6) is -0.161. The van der Waals surface area contributed by atoms with E-state index >= 15 is 0 Å². The van der Waals surface area contributed by atoms with Crippen LogP contribution in [0.1, 0.15) is 13.3 Å². The van der Waals surface area contributed by atoms with Gasteiger partial charge in [-0.15, -0.1) is 0 Å². The van der Waals surface area contributed by atoms with Crippen LogP contribution in [0.4, 0.5) is 0 Å². The van der Waals surface area contributed by atoms with Gasteiger partial charge in [0, 0.05) is 6.54 Å². The molecule has 1 amide bonds. The fourth-order valence-electron chi connectivity index (χ4n) is 1.91. The maximum atomic E-state index is 11.4. The van der Waals surface area contributed by atoms with Crippen molar-refractivity contribution < 1.29 is 14.6 Å². The molecule has 2 fully saturated rings. The number of amides is 1. The number of aliphatic hydroxyl groups is 1. The van der Waals surface area contributed by atoms with Crippen LogP contribution in [0.25, 0.3) is 0 Å². The Labute approximate surface area is 71.1 Å². The smallest absolute Gasteiger partial charge is 0.251 e. The Bertz CT molecular complexity index is 204. The summed E-state index contributed by atoms with van der Waals surface area (Å²) in [5.41, 5.74) is 0. The SMILES string of the molecule is C[C@H](O)C(=O)N1CC2CC1CO2. The molecule has 4 heteroatoms. The summed E-state index contributed by atoms with van der Waals surface area (Å²) in [7, 11) is 0. The molecule has 2 aliphatic rings. The fourth-order valence-corrected chi connectivity index (χ4v) is 1.91. The number of carbonyl (C=O) groups is 1. The third kappa shape index (κ3) is 1.11. The monoisotopic (exact) mass is 171 g/mol.